The minimum absolute atomic E-state index is 0.0539. The van der Waals surface area contributed by atoms with Crippen LogP contribution >= 0.6 is 0 Å². The third-order valence-electron chi connectivity index (χ3n) is 4.57. The molecule has 0 aromatic heterocycles. The van der Waals surface area contributed by atoms with Gasteiger partial charge in [0.05, 0.1) is 37.7 Å². The average molecular weight is 413 g/mol. The van der Waals surface area contributed by atoms with Gasteiger partial charge in [0.1, 0.15) is 17.2 Å². The molecule has 2 aromatic carbocycles. The van der Waals surface area contributed by atoms with Crippen LogP contribution < -0.4 is 29.7 Å². The fourth-order valence-electron chi connectivity index (χ4n) is 3.26. The van der Waals surface area contributed by atoms with Crippen LogP contribution in [0.5, 0.6) is 17.2 Å². The highest BCUT2D eigenvalue weighted by Crippen LogP contribution is 2.33. The number of nitrogens with zero attached hydrogens (tertiary/aromatic N) is 1. The Hall–Kier alpha value is -3.42. The fourth-order valence-corrected chi connectivity index (χ4v) is 3.26. The molecular formula is C22H27N3O5. The molecule has 1 unspecified atom stereocenters. The number of ether oxygens (including phenoxy) is 3. The van der Waals surface area contributed by atoms with Gasteiger partial charge in [-0.1, -0.05) is 12.1 Å². The molecule has 2 amide bonds. The van der Waals surface area contributed by atoms with Crippen molar-refractivity contribution in [2.24, 2.45) is 0 Å². The lowest BCUT2D eigenvalue weighted by atomic mass is 10.1. The minimum Gasteiger partial charge on any atom is -0.494 e. The number of anilines is 2. The molecule has 1 aliphatic rings. The summed E-state index contributed by atoms with van der Waals surface area (Å²) < 4.78 is 16.9. The lowest BCUT2D eigenvalue weighted by molar-refractivity contribution is -0.127. The van der Waals surface area contributed by atoms with Crippen LogP contribution in [0.2, 0.25) is 0 Å². The third-order valence-corrected chi connectivity index (χ3v) is 4.57. The standard InChI is InChI=1S/C22H27N3O5/c1-4-28-15-10-11-18(29-5-2)16(12-15)24-21(26)14-25-13-20(22(27)23-3)30-19-9-7-6-8-17(19)25/h6-12,20H,4-5,13-14H2,1-3H3,(H,23,27)(H,24,26). The zero-order valence-electron chi connectivity index (χ0n) is 17.4. The van der Waals surface area contributed by atoms with Crippen LogP contribution in [0.1, 0.15) is 13.8 Å². The molecule has 1 heterocycles. The van der Waals surface area contributed by atoms with Gasteiger partial charge >= 0.3 is 0 Å². The molecule has 0 fully saturated rings. The first-order chi connectivity index (χ1) is 14.5. The molecule has 3 rings (SSSR count). The Labute approximate surface area is 176 Å². The van der Waals surface area contributed by atoms with E-state index < -0.39 is 6.10 Å². The van der Waals surface area contributed by atoms with Crippen molar-refractivity contribution in [2.45, 2.75) is 20.0 Å². The van der Waals surface area contributed by atoms with Gasteiger partial charge < -0.3 is 29.7 Å². The second-order valence-electron chi connectivity index (χ2n) is 6.64. The van der Waals surface area contributed by atoms with Crippen molar-refractivity contribution in [1.82, 2.24) is 5.32 Å². The van der Waals surface area contributed by atoms with Gasteiger partial charge in [-0.2, -0.15) is 0 Å². The number of amides is 2. The summed E-state index contributed by atoms with van der Waals surface area (Å²) in [5.41, 5.74) is 1.30. The summed E-state index contributed by atoms with van der Waals surface area (Å²) in [4.78, 5) is 26.8. The van der Waals surface area contributed by atoms with Crippen molar-refractivity contribution < 1.29 is 23.8 Å². The molecule has 0 spiro atoms. The topological polar surface area (TPSA) is 89.1 Å². The summed E-state index contributed by atoms with van der Waals surface area (Å²) in [6.07, 6.45) is -0.696. The van der Waals surface area contributed by atoms with E-state index in [2.05, 4.69) is 10.6 Å². The van der Waals surface area contributed by atoms with Crippen molar-refractivity contribution in [3.63, 3.8) is 0 Å². The third kappa shape index (κ3) is 4.94. The highest BCUT2D eigenvalue weighted by atomic mass is 16.5. The molecule has 8 heteroatoms. The maximum absolute atomic E-state index is 12.9. The van der Waals surface area contributed by atoms with Gasteiger partial charge in [0.2, 0.25) is 5.91 Å². The van der Waals surface area contributed by atoms with Crippen molar-refractivity contribution >= 4 is 23.2 Å². The van der Waals surface area contributed by atoms with E-state index in [0.717, 1.165) is 5.69 Å². The Morgan fingerprint density at radius 2 is 1.90 bits per heavy atom. The Morgan fingerprint density at radius 1 is 1.13 bits per heavy atom. The maximum Gasteiger partial charge on any atom is 0.262 e. The van der Waals surface area contributed by atoms with E-state index in [4.69, 9.17) is 14.2 Å². The van der Waals surface area contributed by atoms with Crippen LogP contribution in [0.3, 0.4) is 0 Å². The lowest BCUT2D eigenvalue weighted by Gasteiger charge is -2.35. The number of likely N-dealkylation sites (N-methyl/N-ethyl adjacent to an activating group) is 1. The molecule has 1 atom stereocenters. The molecule has 30 heavy (non-hydrogen) atoms. The number of para-hydroxylation sites is 2. The number of hydrogen-bond donors (Lipinski definition) is 2. The number of fused-ring (bicyclic) bond motifs is 1. The van der Waals surface area contributed by atoms with E-state index in [1.54, 1.807) is 31.3 Å². The van der Waals surface area contributed by atoms with Gasteiger partial charge in [-0.15, -0.1) is 0 Å². The summed E-state index contributed by atoms with van der Waals surface area (Å²) >= 11 is 0. The Bertz CT molecular complexity index is 902. The van der Waals surface area contributed by atoms with Crippen LogP contribution in [-0.2, 0) is 9.59 Å². The molecule has 0 bridgehead atoms. The largest absolute Gasteiger partial charge is 0.494 e. The second-order valence-corrected chi connectivity index (χ2v) is 6.64. The van der Waals surface area contributed by atoms with E-state index >= 15 is 0 Å². The Balaban J connectivity index is 1.78. The normalized spacial score (nSPS) is 14.9. The summed E-state index contributed by atoms with van der Waals surface area (Å²) in [7, 11) is 1.56. The van der Waals surface area contributed by atoms with E-state index in [1.807, 2.05) is 36.9 Å². The van der Waals surface area contributed by atoms with Crippen LogP contribution in [0, 0.1) is 0 Å². The summed E-state index contributed by atoms with van der Waals surface area (Å²) in [6, 6.07) is 12.7. The van der Waals surface area contributed by atoms with Gasteiger partial charge in [-0.25, -0.2) is 0 Å². The maximum atomic E-state index is 12.9. The van der Waals surface area contributed by atoms with Crippen molar-refractivity contribution in [3.05, 3.63) is 42.5 Å². The van der Waals surface area contributed by atoms with Gasteiger partial charge in [-0.05, 0) is 38.1 Å². The number of rotatable bonds is 8. The molecule has 2 N–H and O–H groups in total. The zero-order chi connectivity index (χ0) is 21.5. The molecule has 0 saturated carbocycles. The summed E-state index contributed by atoms with van der Waals surface area (Å²) in [5.74, 6) is 1.31. The predicted molar refractivity (Wildman–Crippen MR) is 115 cm³/mol. The second kappa shape index (κ2) is 9.87. The number of hydrogen-bond acceptors (Lipinski definition) is 6. The summed E-state index contributed by atoms with van der Waals surface area (Å²) in [6.45, 7) is 5.09. The van der Waals surface area contributed by atoms with E-state index in [0.29, 0.717) is 36.1 Å². The average Bonchev–Trinajstić information content (AvgIpc) is 2.75. The van der Waals surface area contributed by atoms with Gasteiger partial charge in [0, 0.05) is 13.1 Å². The Morgan fingerprint density at radius 3 is 2.63 bits per heavy atom. The smallest absolute Gasteiger partial charge is 0.262 e. The molecule has 2 aromatic rings. The number of benzene rings is 2. The monoisotopic (exact) mass is 413 g/mol. The molecule has 1 aliphatic heterocycles. The van der Waals surface area contributed by atoms with Crippen molar-refractivity contribution in [1.29, 1.82) is 0 Å². The quantitative estimate of drug-likeness (QED) is 0.691. The lowest BCUT2D eigenvalue weighted by Crippen LogP contribution is -2.50. The van der Waals surface area contributed by atoms with E-state index in [-0.39, 0.29) is 24.9 Å². The number of carbonyl (C=O) groups excluding carboxylic acids is 2. The molecule has 0 radical (unpaired) electrons. The fraction of sp³-hybridized carbons (Fsp3) is 0.364. The first kappa shape index (κ1) is 21.3. The van der Waals surface area contributed by atoms with Gasteiger partial charge in [-0.3, -0.25) is 9.59 Å². The zero-order valence-corrected chi connectivity index (χ0v) is 17.4. The molecule has 160 valence electrons. The summed E-state index contributed by atoms with van der Waals surface area (Å²) in [5, 5.41) is 5.50. The molecular weight excluding hydrogens is 386 g/mol. The molecule has 0 aliphatic carbocycles. The van der Waals surface area contributed by atoms with Gasteiger partial charge in [0.25, 0.3) is 5.91 Å². The molecule has 8 nitrogen and oxygen atoms in total. The SMILES string of the molecule is CCOc1ccc(OCC)c(NC(=O)CN2CC(C(=O)NC)Oc3ccccc32)c1. The van der Waals surface area contributed by atoms with Crippen LogP contribution in [0.4, 0.5) is 11.4 Å². The van der Waals surface area contributed by atoms with Crippen molar-refractivity contribution in [3.8, 4) is 17.2 Å². The van der Waals surface area contributed by atoms with E-state index in [1.165, 1.54) is 0 Å². The van der Waals surface area contributed by atoms with Crippen LogP contribution in [-0.4, -0.2) is 51.3 Å². The van der Waals surface area contributed by atoms with Crippen LogP contribution in [0.15, 0.2) is 42.5 Å². The van der Waals surface area contributed by atoms with Crippen LogP contribution in [0.25, 0.3) is 0 Å². The number of nitrogens with one attached hydrogen (secondary N) is 2. The predicted octanol–water partition coefficient (Wildman–Crippen LogP) is 2.44. The first-order valence-electron chi connectivity index (χ1n) is 9.97. The van der Waals surface area contributed by atoms with Crippen molar-refractivity contribution in [2.75, 3.05) is 43.6 Å². The molecule has 0 saturated heterocycles. The number of carbonyl (C=O) groups is 2. The first-order valence-corrected chi connectivity index (χ1v) is 9.97. The minimum atomic E-state index is -0.696. The van der Waals surface area contributed by atoms with E-state index in [9.17, 15) is 9.59 Å². The van der Waals surface area contributed by atoms with Gasteiger partial charge in [0.15, 0.2) is 6.10 Å². The highest BCUT2D eigenvalue weighted by Gasteiger charge is 2.31. The Kier molecular flexibility index (Phi) is 7.00. The highest BCUT2D eigenvalue weighted by molar-refractivity contribution is 5.96.